The summed E-state index contributed by atoms with van der Waals surface area (Å²) in [6, 6.07) is 1.47. The first kappa shape index (κ1) is 11.5. The Hall–Kier alpha value is -1.95. The normalized spacial score (nSPS) is 10.5. The van der Waals surface area contributed by atoms with E-state index in [-0.39, 0.29) is 21.7 Å². The molecule has 2 rings (SSSR count). The van der Waals surface area contributed by atoms with E-state index in [1.807, 2.05) is 0 Å². The number of rotatable bonds is 2. The molecule has 0 saturated heterocycles. The lowest BCUT2D eigenvalue weighted by Gasteiger charge is -2.10. The third-order valence-electron chi connectivity index (χ3n) is 2.31. The summed E-state index contributed by atoms with van der Waals surface area (Å²) in [5.41, 5.74) is -0.990. The highest BCUT2D eigenvalue weighted by atomic mass is 35.5. The van der Waals surface area contributed by atoms with E-state index in [1.54, 1.807) is 0 Å². The van der Waals surface area contributed by atoms with Gasteiger partial charge in [0, 0.05) is 6.07 Å². The van der Waals surface area contributed by atoms with E-state index < -0.39 is 11.2 Å². The molecule has 0 bridgehead atoms. The summed E-state index contributed by atoms with van der Waals surface area (Å²) in [5, 5.41) is 0.359. The minimum atomic E-state index is -0.628. The van der Waals surface area contributed by atoms with Gasteiger partial charge in [-0.05, 0) is 0 Å². The maximum atomic E-state index is 11.7. The second-order valence-corrected chi connectivity index (χ2v) is 3.66. The maximum absolute atomic E-state index is 11.7. The van der Waals surface area contributed by atoms with Crippen LogP contribution in [-0.2, 0) is 0 Å². The lowest BCUT2D eigenvalue weighted by molar-refractivity contribution is 0.358. The topological polar surface area (TPSA) is 84.2 Å². The van der Waals surface area contributed by atoms with Crippen molar-refractivity contribution >= 4 is 22.5 Å². The fraction of sp³-hybridized carbons (Fsp3) is 0.200. The molecule has 1 aromatic carbocycles. The van der Waals surface area contributed by atoms with Crippen molar-refractivity contribution < 1.29 is 9.47 Å². The van der Waals surface area contributed by atoms with Crippen LogP contribution in [0.15, 0.2) is 15.7 Å². The average Bonchev–Trinajstić information content (AvgIpc) is 2.29. The first-order chi connectivity index (χ1) is 8.08. The molecule has 90 valence electrons. The van der Waals surface area contributed by atoms with E-state index in [0.29, 0.717) is 5.75 Å². The van der Waals surface area contributed by atoms with Crippen molar-refractivity contribution in [3.8, 4) is 11.5 Å². The van der Waals surface area contributed by atoms with E-state index in [0.717, 1.165) is 0 Å². The largest absolute Gasteiger partial charge is 0.493 e. The molecule has 0 saturated carbocycles. The molecule has 0 aliphatic carbocycles. The van der Waals surface area contributed by atoms with Gasteiger partial charge in [0.2, 0.25) is 0 Å². The highest BCUT2D eigenvalue weighted by Gasteiger charge is 2.16. The summed E-state index contributed by atoms with van der Waals surface area (Å²) in [4.78, 5) is 27.5. The number of aromatic amines is 2. The van der Waals surface area contributed by atoms with E-state index in [1.165, 1.54) is 20.3 Å². The Morgan fingerprint density at radius 3 is 2.47 bits per heavy atom. The molecular weight excluding hydrogens is 248 g/mol. The van der Waals surface area contributed by atoms with Crippen molar-refractivity contribution in [2.75, 3.05) is 14.2 Å². The number of aromatic nitrogens is 2. The molecule has 0 amide bonds. The van der Waals surface area contributed by atoms with Crippen LogP contribution in [0.4, 0.5) is 0 Å². The molecule has 0 atom stereocenters. The van der Waals surface area contributed by atoms with Crippen LogP contribution in [0, 0.1) is 0 Å². The Balaban J connectivity index is 3.06. The third kappa shape index (κ3) is 1.76. The van der Waals surface area contributed by atoms with Gasteiger partial charge in [-0.15, -0.1) is 0 Å². The second-order valence-electron chi connectivity index (χ2n) is 3.25. The number of benzene rings is 1. The lowest BCUT2D eigenvalue weighted by Crippen LogP contribution is -2.22. The smallest absolute Gasteiger partial charge is 0.326 e. The number of ether oxygens (including phenoxy) is 2. The highest BCUT2D eigenvalue weighted by Crippen LogP contribution is 2.36. The average molecular weight is 257 g/mol. The van der Waals surface area contributed by atoms with Crippen molar-refractivity contribution in [2.45, 2.75) is 0 Å². The number of methoxy groups -OCH3 is 2. The van der Waals surface area contributed by atoms with Gasteiger partial charge in [-0.1, -0.05) is 11.6 Å². The molecule has 0 aliphatic heterocycles. The number of hydrogen-bond donors (Lipinski definition) is 2. The van der Waals surface area contributed by atoms with Gasteiger partial charge in [-0.2, -0.15) is 0 Å². The van der Waals surface area contributed by atoms with Crippen LogP contribution in [0.2, 0.25) is 5.02 Å². The molecule has 7 heteroatoms. The third-order valence-corrected chi connectivity index (χ3v) is 2.61. The molecule has 0 fully saturated rings. The van der Waals surface area contributed by atoms with Crippen molar-refractivity contribution in [1.29, 1.82) is 0 Å². The molecule has 1 aromatic heterocycles. The summed E-state index contributed by atoms with van der Waals surface area (Å²) < 4.78 is 10.2. The Bertz CT molecular complexity index is 689. The van der Waals surface area contributed by atoms with E-state index in [4.69, 9.17) is 21.1 Å². The van der Waals surface area contributed by atoms with Crippen LogP contribution in [0.25, 0.3) is 10.9 Å². The molecule has 0 unspecified atom stereocenters. The Kier molecular flexibility index (Phi) is 2.81. The van der Waals surface area contributed by atoms with Crippen LogP contribution in [0.1, 0.15) is 0 Å². The fourth-order valence-electron chi connectivity index (χ4n) is 1.61. The maximum Gasteiger partial charge on any atom is 0.326 e. The van der Waals surface area contributed by atoms with Crippen molar-refractivity contribution in [3.05, 3.63) is 31.9 Å². The Labute approximate surface area is 100 Å². The van der Waals surface area contributed by atoms with Crippen LogP contribution in [0.5, 0.6) is 11.5 Å². The van der Waals surface area contributed by atoms with Gasteiger partial charge < -0.3 is 14.5 Å². The Morgan fingerprint density at radius 1 is 1.18 bits per heavy atom. The number of fused-ring (bicyclic) bond motifs is 1. The van der Waals surface area contributed by atoms with Gasteiger partial charge in [-0.25, -0.2) is 4.79 Å². The molecule has 6 nitrogen and oxygen atoms in total. The predicted molar refractivity (Wildman–Crippen MR) is 63.3 cm³/mol. The summed E-state index contributed by atoms with van der Waals surface area (Å²) in [6.07, 6.45) is 0. The van der Waals surface area contributed by atoms with Gasteiger partial charge in [0.25, 0.3) is 5.56 Å². The zero-order valence-corrected chi connectivity index (χ0v) is 9.84. The zero-order chi connectivity index (χ0) is 12.6. The molecule has 0 radical (unpaired) electrons. The fourth-order valence-corrected chi connectivity index (χ4v) is 1.85. The minimum Gasteiger partial charge on any atom is -0.493 e. The quantitative estimate of drug-likeness (QED) is 0.836. The highest BCUT2D eigenvalue weighted by molar-refractivity contribution is 6.35. The van der Waals surface area contributed by atoms with Crippen molar-refractivity contribution in [1.82, 2.24) is 9.97 Å². The second kappa shape index (κ2) is 4.14. The molecule has 2 N–H and O–H groups in total. The van der Waals surface area contributed by atoms with Crippen molar-refractivity contribution in [3.63, 3.8) is 0 Å². The van der Waals surface area contributed by atoms with Crippen LogP contribution >= 0.6 is 11.6 Å². The van der Waals surface area contributed by atoms with Crippen LogP contribution in [-0.4, -0.2) is 24.2 Å². The molecule has 2 aromatic rings. The SMILES string of the molecule is COc1cc(Cl)c2[nH]c(=O)[nH]c(=O)c2c1OC. The lowest BCUT2D eigenvalue weighted by atomic mass is 10.2. The summed E-state index contributed by atoms with van der Waals surface area (Å²) in [6.45, 7) is 0. The van der Waals surface area contributed by atoms with Gasteiger partial charge in [-0.3, -0.25) is 9.78 Å². The van der Waals surface area contributed by atoms with Crippen molar-refractivity contribution in [2.24, 2.45) is 0 Å². The first-order valence-electron chi connectivity index (χ1n) is 4.65. The molecule has 0 aliphatic rings. The molecule has 0 spiro atoms. The number of hydrogen-bond acceptors (Lipinski definition) is 4. The zero-order valence-electron chi connectivity index (χ0n) is 9.09. The van der Waals surface area contributed by atoms with Gasteiger partial charge in [0.05, 0.1) is 24.8 Å². The van der Waals surface area contributed by atoms with Gasteiger partial charge >= 0.3 is 5.69 Å². The molecule has 1 heterocycles. The summed E-state index contributed by atoms with van der Waals surface area (Å²) >= 11 is 5.96. The monoisotopic (exact) mass is 256 g/mol. The van der Waals surface area contributed by atoms with Crippen LogP contribution in [0.3, 0.4) is 0 Å². The van der Waals surface area contributed by atoms with E-state index in [9.17, 15) is 9.59 Å². The number of H-pyrrole nitrogens is 2. The minimum absolute atomic E-state index is 0.149. The van der Waals surface area contributed by atoms with E-state index >= 15 is 0 Å². The van der Waals surface area contributed by atoms with Crippen LogP contribution < -0.4 is 20.7 Å². The predicted octanol–water partition coefficient (Wildman–Crippen LogP) is 0.887. The standard InChI is InChI=1S/C10H9ClN2O4/c1-16-5-3-4(11)7-6(8(5)17-2)9(14)13-10(15)12-7/h3H,1-2H3,(H2,12,13,14,15). The van der Waals surface area contributed by atoms with Gasteiger partial charge in [0.1, 0.15) is 5.39 Å². The summed E-state index contributed by atoms with van der Waals surface area (Å²) in [5.74, 6) is 0.548. The Morgan fingerprint density at radius 2 is 1.88 bits per heavy atom. The number of halogens is 1. The van der Waals surface area contributed by atoms with Gasteiger partial charge in [0.15, 0.2) is 11.5 Å². The number of nitrogens with one attached hydrogen (secondary N) is 2. The molecular formula is C10H9ClN2O4. The first-order valence-corrected chi connectivity index (χ1v) is 5.03. The van der Waals surface area contributed by atoms with E-state index in [2.05, 4.69) is 9.97 Å². The molecule has 17 heavy (non-hydrogen) atoms. The summed E-state index contributed by atoms with van der Waals surface area (Å²) in [7, 11) is 2.83.